The van der Waals surface area contributed by atoms with E-state index in [1.54, 1.807) is 30.3 Å². The van der Waals surface area contributed by atoms with E-state index in [9.17, 15) is 22.0 Å². The van der Waals surface area contributed by atoms with Crippen LogP contribution < -0.4 is 9.62 Å². The standard InChI is InChI=1S/C22H20F2N2O3S/c23-18-8-6-17(7-9-18)14-15-25-22(27)16-26(20-12-10-19(24)11-13-20)30(28,29)21-4-2-1-3-5-21/h1-13H,14-16H2,(H,25,27). The summed E-state index contributed by atoms with van der Waals surface area (Å²) in [6.45, 7) is -0.209. The van der Waals surface area contributed by atoms with Gasteiger partial charge >= 0.3 is 0 Å². The van der Waals surface area contributed by atoms with Crippen LogP contribution in [0, 0.1) is 11.6 Å². The lowest BCUT2D eigenvalue weighted by molar-refractivity contribution is -0.119. The first-order valence-electron chi connectivity index (χ1n) is 9.21. The molecule has 0 fully saturated rings. The highest BCUT2D eigenvalue weighted by Crippen LogP contribution is 2.23. The van der Waals surface area contributed by atoms with Crippen molar-refractivity contribution in [2.24, 2.45) is 0 Å². The normalized spacial score (nSPS) is 11.1. The summed E-state index contributed by atoms with van der Waals surface area (Å²) in [5.74, 6) is -1.37. The molecule has 156 valence electrons. The fraction of sp³-hybridized carbons (Fsp3) is 0.136. The molecular formula is C22H20F2N2O3S. The van der Waals surface area contributed by atoms with E-state index in [0.29, 0.717) is 6.42 Å². The second-order valence-electron chi connectivity index (χ2n) is 6.53. The molecule has 0 bridgehead atoms. The van der Waals surface area contributed by atoms with Crippen LogP contribution in [0.15, 0.2) is 83.8 Å². The number of amides is 1. The second kappa shape index (κ2) is 9.49. The van der Waals surface area contributed by atoms with Gasteiger partial charge in [0.05, 0.1) is 10.6 Å². The van der Waals surface area contributed by atoms with Crippen LogP contribution in [0.4, 0.5) is 14.5 Å². The Labute approximate surface area is 174 Å². The zero-order valence-corrected chi connectivity index (χ0v) is 16.8. The Kier molecular flexibility index (Phi) is 6.79. The summed E-state index contributed by atoms with van der Waals surface area (Å²) >= 11 is 0. The van der Waals surface area contributed by atoms with E-state index in [2.05, 4.69) is 5.32 Å². The number of hydrogen-bond acceptors (Lipinski definition) is 3. The first-order chi connectivity index (χ1) is 14.4. The molecule has 5 nitrogen and oxygen atoms in total. The Morgan fingerprint density at radius 1 is 0.833 bits per heavy atom. The summed E-state index contributed by atoms with van der Waals surface area (Å²) in [4.78, 5) is 12.5. The molecule has 0 saturated carbocycles. The number of carbonyl (C=O) groups is 1. The number of halogens is 2. The molecule has 0 unspecified atom stereocenters. The summed E-state index contributed by atoms with van der Waals surface area (Å²) < 4.78 is 53.4. The summed E-state index contributed by atoms with van der Waals surface area (Å²) in [5, 5.41) is 2.67. The topological polar surface area (TPSA) is 66.5 Å². The van der Waals surface area contributed by atoms with Gasteiger partial charge in [0.15, 0.2) is 0 Å². The van der Waals surface area contributed by atoms with Crippen molar-refractivity contribution in [1.29, 1.82) is 0 Å². The minimum atomic E-state index is -4.04. The third-order valence-corrected chi connectivity index (χ3v) is 6.17. The lowest BCUT2D eigenvalue weighted by atomic mass is 10.1. The molecule has 0 heterocycles. The third-order valence-electron chi connectivity index (χ3n) is 4.38. The second-order valence-corrected chi connectivity index (χ2v) is 8.39. The van der Waals surface area contributed by atoms with E-state index >= 15 is 0 Å². The molecule has 3 rings (SSSR count). The predicted molar refractivity (Wildman–Crippen MR) is 110 cm³/mol. The van der Waals surface area contributed by atoms with E-state index < -0.39 is 28.3 Å². The molecule has 0 aliphatic heterocycles. The molecule has 3 aromatic carbocycles. The Morgan fingerprint density at radius 3 is 2.00 bits per heavy atom. The van der Waals surface area contributed by atoms with Crippen molar-refractivity contribution in [3.63, 3.8) is 0 Å². The van der Waals surface area contributed by atoms with Crippen molar-refractivity contribution >= 4 is 21.6 Å². The highest BCUT2D eigenvalue weighted by atomic mass is 32.2. The van der Waals surface area contributed by atoms with E-state index in [4.69, 9.17) is 0 Å². The van der Waals surface area contributed by atoms with Crippen molar-refractivity contribution < 1.29 is 22.0 Å². The van der Waals surface area contributed by atoms with Crippen molar-refractivity contribution in [2.45, 2.75) is 11.3 Å². The van der Waals surface area contributed by atoms with E-state index in [0.717, 1.165) is 22.0 Å². The van der Waals surface area contributed by atoms with E-state index in [1.807, 2.05) is 0 Å². The van der Waals surface area contributed by atoms with Crippen LogP contribution in [-0.4, -0.2) is 27.4 Å². The van der Waals surface area contributed by atoms with E-state index in [1.165, 1.54) is 36.4 Å². The van der Waals surface area contributed by atoms with Gasteiger partial charge in [0.25, 0.3) is 10.0 Å². The van der Waals surface area contributed by atoms with Gasteiger partial charge < -0.3 is 5.32 Å². The SMILES string of the molecule is O=C(CN(c1ccc(F)cc1)S(=O)(=O)c1ccccc1)NCCc1ccc(F)cc1. The van der Waals surface area contributed by atoms with Gasteiger partial charge in [-0.1, -0.05) is 30.3 Å². The summed E-state index contributed by atoms with van der Waals surface area (Å²) in [5.41, 5.74) is 1.01. The Balaban J connectivity index is 1.74. The lowest BCUT2D eigenvalue weighted by Gasteiger charge is -2.24. The number of hydrogen-bond donors (Lipinski definition) is 1. The molecule has 0 atom stereocenters. The van der Waals surface area contributed by atoms with Crippen LogP contribution in [0.2, 0.25) is 0 Å². The fourth-order valence-corrected chi connectivity index (χ4v) is 4.27. The summed E-state index contributed by atoms with van der Waals surface area (Å²) in [6, 6.07) is 18.5. The monoisotopic (exact) mass is 430 g/mol. The van der Waals surface area contributed by atoms with Crippen LogP contribution in [0.5, 0.6) is 0 Å². The maximum absolute atomic E-state index is 13.3. The smallest absolute Gasteiger partial charge is 0.264 e. The Morgan fingerprint density at radius 2 is 1.40 bits per heavy atom. The van der Waals surface area contributed by atoms with Crippen molar-refractivity contribution in [2.75, 3.05) is 17.4 Å². The Bertz CT molecular complexity index is 1090. The summed E-state index contributed by atoms with van der Waals surface area (Å²) in [7, 11) is -4.04. The molecule has 8 heteroatoms. The zero-order valence-electron chi connectivity index (χ0n) is 16.0. The highest BCUT2D eigenvalue weighted by molar-refractivity contribution is 7.92. The van der Waals surface area contributed by atoms with Crippen molar-refractivity contribution in [3.8, 4) is 0 Å². The zero-order chi connectivity index (χ0) is 21.6. The molecule has 3 aromatic rings. The molecule has 30 heavy (non-hydrogen) atoms. The molecule has 0 saturated heterocycles. The number of benzene rings is 3. The van der Waals surface area contributed by atoms with Crippen LogP contribution in [0.25, 0.3) is 0 Å². The number of nitrogens with one attached hydrogen (secondary N) is 1. The fourth-order valence-electron chi connectivity index (χ4n) is 2.83. The minimum absolute atomic E-state index is 0.0217. The highest BCUT2D eigenvalue weighted by Gasteiger charge is 2.27. The van der Waals surface area contributed by atoms with Gasteiger partial charge in [-0.15, -0.1) is 0 Å². The van der Waals surface area contributed by atoms with Crippen LogP contribution >= 0.6 is 0 Å². The number of carbonyl (C=O) groups excluding carboxylic acids is 1. The first kappa shape index (κ1) is 21.4. The van der Waals surface area contributed by atoms with Gasteiger partial charge in [-0.2, -0.15) is 0 Å². The van der Waals surface area contributed by atoms with Crippen molar-refractivity contribution in [1.82, 2.24) is 5.32 Å². The molecule has 0 aromatic heterocycles. The first-order valence-corrected chi connectivity index (χ1v) is 10.6. The van der Waals surface area contributed by atoms with Gasteiger partial charge in [0.1, 0.15) is 18.2 Å². The average Bonchev–Trinajstić information content (AvgIpc) is 2.75. The van der Waals surface area contributed by atoms with Gasteiger partial charge in [0.2, 0.25) is 5.91 Å². The maximum atomic E-state index is 13.3. The van der Waals surface area contributed by atoms with Crippen LogP contribution in [0.1, 0.15) is 5.56 Å². The molecule has 0 aliphatic carbocycles. The third kappa shape index (κ3) is 5.42. The van der Waals surface area contributed by atoms with Crippen molar-refractivity contribution in [3.05, 3.63) is 96.1 Å². The van der Waals surface area contributed by atoms with Gasteiger partial charge in [-0.25, -0.2) is 17.2 Å². The Hall–Kier alpha value is -3.26. The summed E-state index contributed by atoms with van der Waals surface area (Å²) in [6.07, 6.45) is 0.466. The van der Waals surface area contributed by atoms with Crippen LogP contribution in [-0.2, 0) is 21.2 Å². The molecule has 0 spiro atoms. The van der Waals surface area contributed by atoms with Gasteiger partial charge in [-0.3, -0.25) is 9.10 Å². The molecule has 1 N–H and O–H groups in total. The molecular weight excluding hydrogens is 410 g/mol. The minimum Gasteiger partial charge on any atom is -0.354 e. The predicted octanol–water partition coefficient (Wildman–Crippen LogP) is 3.52. The quantitative estimate of drug-likeness (QED) is 0.595. The lowest BCUT2D eigenvalue weighted by Crippen LogP contribution is -2.41. The number of anilines is 1. The molecule has 0 radical (unpaired) electrons. The van der Waals surface area contributed by atoms with Gasteiger partial charge in [-0.05, 0) is 60.5 Å². The molecule has 1 amide bonds. The van der Waals surface area contributed by atoms with Gasteiger partial charge in [0, 0.05) is 6.54 Å². The number of rotatable bonds is 8. The number of nitrogens with zero attached hydrogens (tertiary/aromatic N) is 1. The average molecular weight is 430 g/mol. The van der Waals surface area contributed by atoms with Crippen LogP contribution in [0.3, 0.4) is 0 Å². The molecule has 0 aliphatic rings. The largest absolute Gasteiger partial charge is 0.354 e. The maximum Gasteiger partial charge on any atom is 0.264 e. The number of sulfonamides is 1. The van der Waals surface area contributed by atoms with E-state index in [-0.39, 0.29) is 22.9 Å².